The van der Waals surface area contributed by atoms with Gasteiger partial charge in [-0.05, 0) is 68.7 Å². The van der Waals surface area contributed by atoms with Crippen LogP contribution >= 0.6 is 12.0 Å². The van der Waals surface area contributed by atoms with E-state index in [0.29, 0.717) is 0 Å². The van der Waals surface area contributed by atoms with Crippen LogP contribution in [-0.2, 0) is 0 Å². The van der Waals surface area contributed by atoms with Gasteiger partial charge in [0.1, 0.15) is 16.9 Å². The number of halogens is 3. The summed E-state index contributed by atoms with van der Waals surface area (Å²) in [7, 11) is 0. The van der Waals surface area contributed by atoms with E-state index in [9.17, 15) is 13.2 Å². The topological polar surface area (TPSA) is 22.4 Å². The van der Waals surface area contributed by atoms with E-state index in [1.54, 1.807) is 18.2 Å². The van der Waals surface area contributed by atoms with Crippen LogP contribution in [0.2, 0.25) is 0 Å². The summed E-state index contributed by atoms with van der Waals surface area (Å²) in [6, 6.07) is 21.1. The molecule has 1 aromatic heterocycles. The summed E-state index contributed by atoms with van der Waals surface area (Å²) in [5.74, 6) is 0.167. The second kappa shape index (κ2) is 5.70. The molecule has 0 aliphatic carbocycles. The van der Waals surface area contributed by atoms with Crippen molar-refractivity contribution in [3.05, 3.63) is 66.7 Å². The fourth-order valence-electron chi connectivity index (χ4n) is 4.18. The summed E-state index contributed by atoms with van der Waals surface area (Å²) >= 11 is -0.504. The van der Waals surface area contributed by atoms with Crippen molar-refractivity contribution in [1.82, 2.24) is 0 Å². The second-order valence-corrected chi connectivity index (χ2v) is 7.77. The lowest BCUT2D eigenvalue weighted by Crippen LogP contribution is -2.02. The summed E-state index contributed by atoms with van der Waals surface area (Å²) in [6.45, 7) is 0. The smallest absolute Gasteiger partial charge is 0.456 e. The van der Waals surface area contributed by atoms with E-state index in [-0.39, 0.29) is 5.75 Å². The fourth-order valence-corrected chi connectivity index (χ4v) is 4.48. The molecule has 5 aromatic carbocycles. The SMILES string of the molecule is FC(F)(F)SOc1ccc2cc3c(cc2c1)c1cccc2oc4cccc3c4c21. The first kappa shape index (κ1) is 16.8. The molecule has 0 aliphatic heterocycles. The zero-order chi connectivity index (χ0) is 19.8. The number of fused-ring (bicyclic) bond motifs is 4. The Morgan fingerprint density at radius 3 is 1.93 bits per heavy atom. The van der Waals surface area contributed by atoms with Gasteiger partial charge in [0.05, 0.1) is 0 Å². The van der Waals surface area contributed by atoms with Gasteiger partial charge >= 0.3 is 5.51 Å². The maximum atomic E-state index is 12.5. The van der Waals surface area contributed by atoms with E-state index < -0.39 is 17.6 Å². The first-order chi connectivity index (χ1) is 14.0. The molecule has 0 fully saturated rings. The Labute approximate surface area is 166 Å². The molecule has 6 aromatic rings. The minimum atomic E-state index is -4.45. The van der Waals surface area contributed by atoms with Gasteiger partial charge in [-0.15, -0.1) is 0 Å². The molecule has 0 spiro atoms. The molecule has 29 heavy (non-hydrogen) atoms. The lowest BCUT2D eigenvalue weighted by molar-refractivity contribution is -0.0369. The molecule has 6 heteroatoms. The largest absolute Gasteiger partial charge is 0.479 e. The average molecular weight is 408 g/mol. The highest BCUT2D eigenvalue weighted by Gasteiger charge is 2.31. The van der Waals surface area contributed by atoms with Gasteiger partial charge < -0.3 is 8.60 Å². The highest BCUT2D eigenvalue weighted by Crippen LogP contribution is 2.43. The summed E-state index contributed by atoms with van der Waals surface area (Å²) < 4.78 is 48.2. The van der Waals surface area contributed by atoms with Crippen LogP contribution in [0.4, 0.5) is 13.2 Å². The monoisotopic (exact) mass is 408 g/mol. The van der Waals surface area contributed by atoms with E-state index in [1.165, 1.54) is 0 Å². The van der Waals surface area contributed by atoms with Gasteiger partial charge in [-0.25, -0.2) is 0 Å². The molecule has 0 unspecified atom stereocenters. The van der Waals surface area contributed by atoms with Gasteiger partial charge in [-0.3, -0.25) is 0 Å². The molecule has 0 bridgehead atoms. The summed E-state index contributed by atoms with van der Waals surface area (Å²) in [4.78, 5) is 0. The van der Waals surface area contributed by atoms with Crippen molar-refractivity contribution in [3.8, 4) is 5.75 Å². The Hall–Kier alpha value is -3.12. The highest BCUT2D eigenvalue weighted by molar-refractivity contribution is 7.95. The summed E-state index contributed by atoms with van der Waals surface area (Å²) in [6.07, 6.45) is 0. The Morgan fingerprint density at radius 2 is 1.31 bits per heavy atom. The Morgan fingerprint density at radius 1 is 0.690 bits per heavy atom. The minimum Gasteiger partial charge on any atom is -0.456 e. The number of furan rings is 1. The Bertz CT molecular complexity index is 1550. The average Bonchev–Trinajstić information content (AvgIpc) is 3.09. The predicted octanol–water partition coefficient (Wildman–Crippen LogP) is 8.03. The van der Waals surface area contributed by atoms with Crippen LogP contribution < -0.4 is 4.18 Å². The third kappa shape index (κ3) is 2.52. The second-order valence-electron chi connectivity index (χ2n) is 6.98. The maximum absolute atomic E-state index is 12.5. The van der Waals surface area contributed by atoms with Gasteiger partial charge in [0.15, 0.2) is 12.0 Å². The van der Waals surface area contributed by atoms with E-state index in [2.05, 4.69) is 18.2 Å². The van der Waals surface area contributed by atoms with Crippen molar-refractivity contribution in [3.63, 3.8) is 0 Å². The predicted molar refractivity (Wildman–Crippen MR) is 112 cm³/mol. The number of hydrogen-bond acceptors (Lipinski definition) is 3. The van der Waals surface area contributed by atoms with Gasteiger partial charge in [-0.2, -0.15) is 13.2 Å². The van der Waals surface area contributed by atoms with Crippen molar-refractivity contribution >= 4 is 66.3 Å². The van der Waals surface area contributed by atoms with Crippen molar-refractivity contribution in [2.45, 2.75) is 5.51 Å². The highest BCUT2D eigenvalue weighted by atomic mass is 32.2. The molecule has 6 rings (SSSR count). The third-order valence-electron chi connectivity index (χ3n) is 5.28. The maximum Gasteiger partial charge on any atom is 0.479 e. The minimum absolute atomic E-state index is 0.167. The van der Waals surface area contributed by atoms with Crippen LogP contribution in [0.3, 0.4) is 0 Å². The normalized spacial score (nSPS) is 12.8. The van der Waals surface area contributed by atoms with Crippen molar-refractivity contribution in [1.29, 1.82) is 0 Å². The Kier molecular flexibility index (Phi) is 3.30. The first-order valence-corrected chi connectivity index (χ1v) is 9.67. The number of alkyl halides is 3. The first-order valence-electron chi connectivity index (χ1n) is 8.93. The molecule has 1 heterocycles. The van der Waals surface area contributed by atoms with E-state index in [4.69, 9.17) is 8.60 Å². The quantitative estimate of drug-likeness (QED) is 0.164. The standard InChI is InChI=1S/C23H11F3O2S/c24-23(25,26)29-28-14-8-7-12-10-17-15-3-1-5-19-21(15)22-16(4-2-6-20(22)27-19)18(17)11-13(12)9-14/h1-11H. The van der Waals surface area contributed by atoms with E-state index >= 15 is 0 Å². The molecule has 0 aliphatic rings. The molecule has 0 saturated carbocycles. The molecular weight excluding hydrogens is 397 g/mol. The van der Waals surface area contributed by atoms with Gasteiger partial charge in [0, 0.05) is 10.8 Å². The van der Waals surface area contributed by atoms with Gasteiger partial charge in [-0.1, -0.05) is 30.3 Å². The Balaban J connectivity index is 1.67. The van der Waals surface area contributed by atoms with Crippen LogP contribution in [0.1, 0.15) is 0 Å². The van der Waals surface area contributed by atoms with Crippen LogP contribution in [0.25, 0.3) is 54.3 Å². The lowest BCUT2D eigenvalue weighted by Gasteiger charge is -2.11. The molecular formula is C23H11F3O2S. The number of benzene rings is 5. The van der Waals surface area contributed by atoms with Crippen LogP contribution in [0, 0.1) is 0 Å². The van der Waals surface area contributed by atoms with Crippen molar-refractivity contribution in [2.24, 2.45) is 0 Å². The van der Waals surface area contributed by atoms with Gasteiger partial charge in [0.2, 0.25) is 0 Å². The molecule has 0 atom stereocenters. The lowest BCUT2D eigenvalue weighted by atomic mass is 9.92. The van der Waals surface area contributed by atoms with Crippen LogP contribution in [0.5, 0.6) is 5.75 Å². The van der Waals surface area contributed by atoms with Crippen molar-refractivity contribution < 1.29 is 21.8 Å². The zero-order valence-corrected chi connectivity index (χ0v) is 15.5. The number of hydrogen-bond donors (Lipinski definition) is 0. The van der Waals surface area contributed by atoms with Gasteiger partial charge in [0.25, 0.3) is 0 Å². The third-order valence-corrected chi connectivity index (χ3v) is 5.75. The van der Waals surface area contributed by atoms with E-state index in [1.807, 2.05) is 30.3 Å². The van der Waals surface area contributed by atoms with Crippen LogP contribution in [-0.4, -0.2) is 5.51 Å². The summed E-state index contributed by atoms with van der Waals surface area (Å²) in [5.41, 5.74) is -2.77. The molecule has 0 N–H and O–H groups in total. The summed E-state index contributed by atoms with van der Waals surface area (Å²) in [5, 5.41) is 8.21. The molecule has 0 saturated heterocycles. The molecule has 0 amide bonds. The molecule has 0 radical (unpaired) electrons. The fraction of sp³-hybridized carbons (Fsp3) is 0.0435. The molecule has 142 valence electrons. The van der Waals surface area contributed by atoms with E-state index in [0.717, 1.165) is 54.3 Å². The van der Waals surface area contributed by atoms with Crippen molar-refractivity contribution in [2.75, 3.05) is 0 Å². The molecule has 2 nitrogen and oxygen atoms in total. The number of rotatable bonds is 2. The van der Waals surface area contributed by atoms with Crippen LogP contribution in [0.15, 0.2) is 71.1 Å². The zero-order valence-electron chi connectivity index (χ0n) is 14.7.